The van der Waals surface area contributed by atoms with Crippen LogP contribution in [0.1, 0.15) is 23.2 Å². The lowest BCUT2D eigenvalue weighted by Crippen LogP contribution is -2.27. The van der Waals surface area contributed by atoms with E-state index >= 15 is 0 Å². The normalized spacial score (nSPS) is 13.7. The monoisotopic (exact) mass is 340 g/mol. The van der Waals surface area contributed by atoms with E-state index in [2.05, 4.69) is 44.8 Å². The molecule has 1 aliphatic heterocycles. The van der Waals surface area contributed by atoms with Crippen LogP contribution in [0.3, 0.4) is 0 Å². The third kappa shape index (κ3) is 4.70. The van der Waals surface area contributed by atoms with Crippen molar-refractivity contribution in [3.05, 3.63) is 48.3 Å². The van der Waals surface area contributed by atoms with E-state index in [4.69, 9.17) is 4.74 Å². The Morgan fingerprint density at radius 1 is 1.16 bits per heavy atom. The summed E-state index contributed by atoms with van der Waals surface area (Å²) >= 11 is 0. The van der Waals surface area contributed by atoms with Crippen molar-refractivity contribution in [1.29, 1.82) is 0 Å². The van der Waals surface area contributed by atoms with Crippen LogP contribution in [0.4, 0.5) is 17.1 Å². The number of rotatable bonds is 7. The molecule has 1 saturated heterocycles. The molecule has 0 aliphatic carbocycles. The first-order chi connectivity index (χ1) is 12.3. The molecular formula is C19H24N4O2. The van der Waals surface area contributed by atoms with Gasteiger partial charge in [0.25, 0.3) is 5.91 Å². The summed E-state index contributed by atoms with van der Waals surface area (Å²) in [4.78, 5) is 18.6. The molecule has 2 aromatic rings. The van der Waals surface area contributed by atoms with Crippen LogP contribution in [0.5, 0.6) is 0 Å². The Labute approximate surface area is 148 Å². The van der Waals surface area contributed by atoms with Gasteiger partial charge >= 0.3 is 0 Å². The fourth-order valence-electron chi connectivity index (χ4n) is 2.90. The number of nitrogens with one attached hydrogen (secondary N) is 2. The molecule has 132 valence electrons. The van der Waals surface area contributed by atoms with Crippen LogP contribution in [0, 0.1) is 0 Å². The zero-order chi connectivity index (χ0) is 17.5. The number of nitrogens with zero attached hydrogens (tertiary/aromatic N) is 2. The molecule has 0 unspecified atom stereocenters. The summed E-state index contributed by atoms with van der Waals surface area (Å²) in [5.74, 6) is -0.155. The quantitative estimate of drug-likeness (QED) is 0.759. The van der Waals surface area contributed by atoms with Crippen LogP contribution < -0.4 is 15.5 Å². The Kier molecular flexibility index (Phi) is 5.85. The Hall–Kier alpha value is -2.60. The van der Waals surface area contributed by atoms with E-state index in [1.807, 2.05) is 0 Å². The number of hydrogen-bond acceptors (Lipinski definition) is 5. The van der Waals surface area contributed by atoms with Crippen LogP contribution in [0.15, 0.2) is 42.7 Å². The molecule has 0 radical (unpaired) electrons. The van der Waals surface area contributed by atoms with Gasteiger partial charge in [0.15, 0.2) is 0 Å². The first-order valence-corrected chi connectivity index (χ1v) is 8.60. The maximum absolute atomic E-state index is 12.1. The summed E-state index contributed by atoms with van der Waals surface area (Å²) < 4.78 is 4.93. The third-order valence-corrected chi connectivity index (χ3v) is 4.22. The van der Waals surface area contributed by atoms with Crippen LogP contribution >= 0.6 is 0 Å². The predicted molar refractivity (Wildman–Crippen MR) is 99.6 cm³/mol. The van der Waals surface area contributed by atoms with Crippen molar-refractivity contribution in [2.75, 3.05) is 43.6 Å². The molecule has 0 spiro atoms. The minimum absolute atomic E-state index is 0.155. The fraction of sp³-hybridized carbons (Fsp3) is 0.368. The van der Waals surface area contributed by atoms with Crippen LogP contribution in [0.2, 0.25) is 0 Å². The Balaban J connectivity index is 1.62. The molecule has 6 heteroatoms. The second-order valence-corrected chi connectivity index (χ2v) is 6.08. The Morgan fingerprint density at radius 2 is 1.92 bits per heavy atom. The Bertz CT molecular complexity index is 697. The highest BCUT2D eigenvalue weighted by molar-refractivity contribution is 5.94. The third-order valence-electron chi connectivity index (χ3n) is 4.22. The van der Waals surface area contributed by atoms with Crippen molar-refractivity contribution in [2.24, 2.45) is 0 Å². The summed E-state index contributed by atoms with van der Waals surface area (Å²) in [6.07, 6.45) is 5.81. The lowest BCUT2D eigenvalue weighted by atomic mass is 10.2. The highest BCUT2D eigenvalue weighted by Crippen LogP contribution is 2.24. The zero-order valence-electron chi connectivity index (χ0n) is 14.5. The first-order valence-electron chi connectivity index (χ1n) is 8.60. The van der Waals surface area contributed by atoms with E-state index in [9.17, 15) is 4.79 Å². The molecule has 0 saturated carbocycles. The average molecular weight is 340 g/mol. The second-order valence-electron chi connectivity index (χ2n) is 6.08. The molecule has 0 atom stereocenters. The summed E-state index contributed by atoms with van der Waals surface area (Å²) in [5.41, 5.74) is 3.54. The molecule has 2 heterocycles. The number of hydrogen-bond donors (Lipinski definition) is 2. The number of aromatic nitrogens is 1. The van der Waals surface area contributed by atoms with Gasteiger partial charge in [0, 0.05) is 44.3 Å². The van der Waals surface area contributed by atoms with Crippen molar-refractivity contribution in [3.8, 4) is 0 Å². The summed E-state index contributed by atoms with van der Waals surface area (Å²) in [6, 6.07) is 10.2. The van der Waals surface area contributed by atoms with Gasteiger partial charge in [0.2, 0.25) is 0 Å². The minimum atomic E-state index is -0.155. The van der Waals surface area contributed by atoms with Crippen LogP contribution in [-0.2, 0) is 4.74 Å². The number of pyridine rings is 1. The summed E-state index contributed by atoms with van der Waals surface area (Å²) in [6.45, 7) is 3.24. The van der Waals surface area contributed by atoms with Gasteiger partial charge in [-0.3, -0.25) is 9.78 Å². The maximum Gasteiger partial charge on any atom is 0.253 e. The molecule has 1 aromatic heterocycles. The van der Waals surface area contributed by atoms with Gasteiger partial charge in [-0.15, -0.1) is 0 Å². The number of ether oxygens (including phenoxy) is 1. The van der Waals surface area contributed by atoms with Gasteiger partial charge in [0.05, 0.1) is 24.1 Å². The lowest BCUT2D eigenvalue weighted by Gasteiger charge is -2.18. The van der Waals surface area contributed by atoms with E-state index in [1.54, 1.807) is 25.6 Å². The standard InChI is InChI=1S/C19H24N4O2/c1-25-11-8-21-19(24)15-12-17(14-20-13-15)22-16-4-6-18(7-5-16)23-9-2-3-10-23/h4-7,12-14,22H,2-3,8-11H2,1H3,(H,21,24). The molecule has 1 amide bonds. The Morgan fingerprint density at radius 3 is 2.64 bits per heavy atom. The molecule has 25 heavy (non-hydrogen) atoms. The smallest absolute Gasteiger partial charge is 0.253 e. The number of carbonyl (C=O) groups excluding carboxylic acids is 1. The molecule has 3 rings (SSSR count). The van der Waals surface area contributed by atoms with Gasteiger partial charge in [-0.2, -0.15) is 0 Å². The van der Waals surface area contributed by atoms with Crippen LogP contribution in [0.25, 0.3) is 0 Å². The number of anilines is 3. The molecule has 0 bridgehead atoms. The van der Waals surface area contributed by atoms with Gasteiger partial charge < -0.3 is 20.3 Å². The first kappa shape index (κ1) is 17.2. The largest absolute Gasteiger partial charge is 0.383 e. The van der Waals surface area contributed by atoms with Crippen molar-refractivity contribution in [3.63, 3.8) is 0 Å². The van der Waals surface area contributed by atoms with E-state index in [-0.39, 0.29) is 5.91 Å². The highest BCUT2D eigenvalue weighted by Gasteiger charge is 2.12. The number of amides is 1. The van der Waals surface area contributed by atoms with Crippen molar-refractivity contribution in [1.82, 2.24) is 10.3 Å². The molecule has 6 nitrogen and oxygen atoms in total. The molecule has 1 aliphatic rings. The number of carbonyl (C=O) groups is 1. The SMILES string of the molecule is COCCNC(=O)c1cncc(Nc2ccc(N3CCCC3)cc2)c1. The van der Waals surface area contributed by atoms with Crippen molar-refractivity contribution < 1.29 is 9.53 Å². The van der Waals surface area contributed by atoms with E-state index in [1.165, 1.54) is 18.5 Å². The lowest BCUT2D eigenvalue weighted by molar-refractivity contribution is 0.0937. The van der Waals surface area contributed by atoms with E-state index < -0.39 is 0 Å². The fourth-order valence-corrected chi connectivity index (χ4v) is 2.90. The van der Waals surface area contributed by atoms with Gasteiger partial charge in [0.1, 0.15) is 0 Å². The maximum atomic E-state index is 12.1. The highest BCUT2D eigenvalue weighted by atomic mass is 16.5. The molecular weight excluding hydrogens is 316 g/mol. The van der Waals surface area contributed by atoms with Crippen molar-refractivity contribution in [2.45, 2.75) is 12.8 Å². The van der Waals surface area contributed by atoms with Crippen molar-refractivity contribution >= 4 is 23.0 Å². The average Bonchev–Trinajstić information content (AvgIpc) is 3.17. The van der Waals surface area contributed by atoms with Gasteiger partial charge in [-0.25, -0.2) is 0 Å². The summed E-state index contributed by atoms with van der Waals surface area (Å²) in [5, 5.41) is 6.09. The number of benzene rings is 1. The molecule has 1 aromatic carbocycles. The second kappa shape index (κ2) is 8.48. The van der Waals surface area contributed by atoms with Crippen LogP contribution in [-0.4, -0.2) is 44.2 Å². The summed E-state index contributed by atoms with van der Waals surface area (Å²) in [7, 11) is 1.60. The molecule has 1 fully saturated rings. The molecule has 2 N–H and O–H groups in total. The van der Waals surface area contributed by atoms with E-state index in [0.29, 0.717) is 18.7 Å². The van der Waals surface area contributed by atoms with E-state index in [0.717, 1.165) is 24.5 Å². The topological polar surface area (TPSA) is 66.5 Å². The predicted octanol–water partition coefficient (Wildman–Crippen LogP) is 2.80. The van der Waals surface area contributed by atoms with Gasteiger partial charge in [-0.05, 0) is 43.2 Å². The number of methoxy groups -OCH3 is 1. The zero-order valence-corrected chi connectivity index (χ0v) is 14.5. The van der Waals surface area contributed by atoms with Gasteiger partial charge in [-0.1, -0.05) is 0 Å². The minimum Gasteiger partial charge on any atom is -0.383 e.